The number of rotatable bonds is 9. The summed E-state index contributed by atoms with van der Waals surface area (Å²) in [7, 11) is 0. The van der Waals surface area contributed by atoms with E-state index >= 15 is 0 Å². The number of nitrogens with zero attached hydrogens (tertiary/aromatic N) is 2. The van der Waals surface area contributed by atoms with Gasteiger partial charge < -0.3 is 9.32 Å². The summed E-state index contributed by atoms with van der Waals surface area (Å²) in [5.74, 6) is 1.02. The lowest BCUT2D eigenvalue weighted by molar-refractivity contribution is 0.0964. The van der Waals surface area contributed by atoms with Crippen LogP contribution in [0.1, 0.15) is 70.0 Å². The van der Waals surface area contributed by atoms with Gasteiger partial charge in [0.1, 0.15) is 0 Å². The standard InChI is InChI=1S/C34H36N2O3/c1-4-26-9-5-6-10-30(26)21-31(37)29-17-15-28(16-18-29)27-13-11-25(12-14-27)20-32(38)33-24(3)35-34(39-33)36-19-7-8-23(2)22-36/h5-6,9-18,23H,4,7-8,19-22H2,1-3H3. The van der Waals surface area contributed by atoms with Gasteiger partial charge in [-0.05, 0) is 59.9 Å². The number of ketones is 2. The van der Waals surface area contributed by atoms with Crippen molar-refractivity contribution in [3.8, 4) is 11.1 Å². The van der Waals surface area contributed by atoms with Crippen LogP contribution in [0.2, 0.25) is 0 Å². The van der Waals surface area contributed by atoms with Crippen molar-refractivity contribution in [3.05, 3.63) is 107 Å². The fourth-order valence-corrected chi connectivity index (χ4v) is 5.42. The second kappa shape index (κ2) is 11.8. The molecule has 200 valence electrons. The summed E-state index contributed by atoms with van der Waals surface area (Å²) in [5, 5.41) is 0. The molecule has 2 heterocycles. The number of hydrogen-bond acceptors (Lipinski definition) is 5. The van der Waals surface area contributed by atoms with E-state index in [0.29, 0.717) is 35.4 Å². The van der Waals surface area contributed by atoms with Crippen LogP contribution < -0.4 is 4.90 Å². The first-order valence-electron chi connectivity index (χ1n) is 14.0. The lowest BCUT2D eigenvalue weighted by Crippen LogP contribution is -2.34. The molecule has 0 aliphatic carbocycles. The van der Waals surface area contributed by atoms with Crippen molar-refractivity contribution in [2.45, 2.75) is 52.9 Å². The summed E-state index contributed by atoms with van der Waals surface area (Å²) < 4.78 is 5.95. The molecule has 3 aromatic carbocycles. The Morgan fingerprint density at radius 1 is 0.897 bits per heavy atom. The van der Waals surface area contributed by atoms with Gasteiger partial charge in [-0.1, -0.05) is 86.6 Å². The minimum absolute atomic E-state index is 0.0587. The molecule has 1 aromatic heterocycles. The summed E-state index contributed by atoms with van der Waals surface area (Å²) in [6.45, 7) is 8.02. The Morgan fingerprint density at radius 3 is 2.23 bits per heavy atom. The van der Waals surface area contributed by atoms with Crippen molar-refractivity contribution in [2.24, 2.45) is 5.92 Å². The zero-order valence-electron chi connectivity index (χ0n) is 23.1. The summed E-state index contributed by atoms with van der Waals surface area (Å²) in [6.07, 6.45) is 3.92. The number of carbonyl (C=O) groups is 2. The zero-order valence-corrected chi connectivity index (χ0v) is 23.1. The van der Waals surface area contributed by atoms with Crippen LogP contribution in [-0.2, 0) is 19.3 Å². The number of anilines is 1. The van der Waals surface area contributed by atoms with E-state index in [4.69, 9.17) is 4.42 Å². The summed E-state index contributed by atoms with van der Waals surface area (Å²) >= 11 is 0. The molecule has 1 saturated heterocycles. The first-order chi connectivity index (χ1) is 18.9. The number of piperidine rings is 1. The van der Waals surface area contributed by atoms with Gasteiger partial charge in [-0.25, -0.2) is 0 Å². The first-order valence-corrected chi connectivity index (χ1v) is 14.0. The summed E-state index contributed by atoms with van der Waals surface area (Å²) in [4.78, 5) is 32.6. The van der Waals surface area contributed by atoms with Gasteiger partial charge in [0.2, 0.25) is 5.78 Å². The third-order valence-electron chi connectivity index (χ3n) is 7.68. The van der Waals surface area contributed by atoms with E-state index < -0.39 is 0 Å². The maximum absolute atomic E-state index is 13.0. The largest absolute Gasteiger partial charge is 0.420 e. The van der Waals surface area contributed by atoms with E-state index in [1.54, 1.807) is 0 Å². The maximum atomic E-state index is 13.0. The molecule has 1 unspecified atom stereocenters. The monoisotopic (exact) mass is 520 g/mol. The lowest BCUT2D eigenvalue weighted by Gasteiger charge is -2.29. The molecule has 1 atom stereocenters. The SMILES string of the molecule is CCc1ccccc1CC(=O)c1ccc(-c2ccc(CC(=O)c3oc(N4CCCC(C)C4)nc3C)cc2)cc1. The van der Waals surface area contributed by atoms with Crippen LogP contribution in [0.4, 0.5) is 6.01 Å². The average molecular weight is 521 g/mol. The van der Waals surface area contributed by atoms with Crippen LogP contribution in [-0.4, -0.2) is 29.6 Å². The lowest BCUT2D eigenvalue weighted by atomic mass is 9.96. The molecule has 1 fully saturated rings. The molecule has 39 heavy (non-hydrogen) atoms. The quantitative estimate of drug-likeness (QED) is 0.217. The minimum Gasteiger partial charge on any atom is -0.420 e. The predicted molar refractivity (Wildman–Crippen MR) is 156 cm³/mol. The van der Waals surface area contributed by atoms with Gasteiger partial charge in [0.25, 0.3) is 6.01 Å². The summed E-state index contributed by atoms with van der Waals surface area (Å²) in [6, 6.07) is 24.5. The minimum atomic E-state index is -0.0587. The predicted octanol–water partition coefficient (Wildman–Crippen LogP) is 7.30. The summed E-state index contributed by atoms with van der Waals surface area (Å²) in [5.41, 5.74) is 6.68. The fraction of sp³-hybridized carbons (Fsp3) is 0.324. The Labute approximate surface area is 230 Å². The smallest absolute Gasteiger partial charge is 0.298 e. The number of oxazole rings is 1. The molecular formula is C34H36N2O3. The van der Waals surface area contributed by atoms with Crippen molar-refractivity contribution in [2.75, 3.05) is 18.0 Å². The second-order valence-corrected chi connectivity index (χ2v) is 10.7. The van der Waals surface area contributed by atoms with E-state index in [1.807, 2.05) is 73.7 Å². The number of hydrogen-bond donors (Lipinski definition) is 0. The van der Waals surface area contributed by atoms with Gasteiger partial charge in [-0.15, -0.1) is 0 Å². The van der Waals surface area contributed by atoms with Crippen LogP contribution in [0.3, 0.4) is 0 Å². The molecule has 0 saturated carbocycles. The molecule has 0 bridgehead atoms. The molecule has 1 aliphatic heterocycles. The second-order valence-electron chi connectivity index (χ2n) is 10.7. The molecule has 5 nitrogen and oxygen atoms in total. The number of aromatic nitrogens is 1. The Morgan fingerprint density at radius 2 is 1.56 bits per heavy atom. The highest BCUT2D eigenvalue weighted by atomic mass is 16.4. The van der Waals surface area contributed by atoms with Crippen LogP contribution in [0.5, 0.6) is 0 Å². The molecule has 0 spiro atoms. The van der Waals surface area contributed by atoms with Crippen LogP contribution >= 0.6 is 0 Å². The molecule has 4 aromatic rings. The van der Waals surface area contributed by atoms with Gasteiger partial charge in [0.05, 0.1) is 5.69 Å². The van der Waals surface area contributed by atoms with Gasteiger partial charge >= 0.3 is 0 Å². The molecule has 0 radical (unpaired) electrons. The van der Waals surface area contributed by atoms with Gasteiger partial charge in [-0.2, -0.15) is 4.98 Å². The number of carbonyl (C=O) groups excluding carboxylic acids is 2. The van der Waals surface area contributed by atoms with Gasteiger partial charge in [0, 0.05) is 31.5 Å². The van der Waals surface area contributed by atoms with Gasteiger partial charge in [0.15, 0.2) is 11.5 Å². The van der Waals surface area contributed by atoms with Crippen molar-refractivity contribution in [1.29, 1.82) is 0 Å². The zero-order chi connectivity index (χ0) is 27.4. The third-order valence-corrected chi connectivity index (χ3v) is 7.68. The number of Topliss-reactive ketones (excluding diaryl/α,β-unsaturated/α-hetero) is 2. The Kier molecular flexibility index (Phi) is 8.06. The van der Waals surface area contributed by atoms with Crippen LogP contribution in [0.15, 0.2) is 77.2 Å². The molecule has 5 rings (SSSR count). The molecule has 0 amide bonds. The van der Waals surface area contributed by atoms with E-state index in [2.05, 4.69) is 29.8 Å². The van der Waals surface area contributed by atoms with E-state index in [9.17, 15) is 9.59 Å². The molecule has 0 N–H and O–H groups in total. The van der Waals surface area contributed by atoms with Crippen molar-refractivity contribution >= 4 is 17.6 Å². The highest BCUT2D eigenvalue weighted by Crippen LogP contribution is 2.26. The number of benzene rings is 3. The van der Waals surface area contributed by atoms with Crippen molar-refractivity contribution in [1.82, 2.24) is 4.98 Å². The third kappa shape index (κ3) is 6.19. The first kappa shape index (κ1) is 26.6. The Hall–Kier alpha value is -3.99. The fourth-order valence-electron chi connectivity index (χ4n) is 5.42. The van der Waals surface area contributed by atoms with Gasteiger partial charge in [-0.3, -0.25) is 9.59 Å². The van der Waals surface area contributed by atoms with E-state index in [1.165, 1.54) is 12.0 Å². The van der Waals surface area contributed by atoms with Crippen LogP contribution in [0, 0.1) is 12.8 Å². The van der Waals surface area contributed by atoms with Crippen molar-refractivity contribution in [3.63, 3.8) is 0 Å². The average Bonchev–Trinajstić information content (AvgIpc) is 3.35. The molecule has 5 heteroatoms. The maximum Gasteiger partial charge on any atom is 0.298 e. The molecule has 1 aliphatic rings. The topological polar surface area (TPSA) is 63.4 Å². The molecular weight excluding hydrogens is 484 g/mol. The normalized spacial score (nSPS) is 15.4. The highest BCUT2D eigenvalue weighted by Gasteiger charge is 2.24. The Bertz CT molecular complexity index is 1450. The van der Waals surface area contributed by atoms with E-state index in [-0.39, 0.29) is 18.0 Å². The van der Waals surface area contributed by atoms with Crippen LogP contribution in [0.25, 0.3) is 11.1 Å². The van der Waals surface area contributed by atoms with Crippen molar-refractivity contribution < 1.29 is 14.0 Å². The number of aryl methyl sites for hydroxylation is 2. The van der Waals surface area contributed by atoms with E-state index in [0.717, 1.165) is 48.2 Å². The Balaban J connectivity index is 1.22. The highest BCUT2D eigenvalue weighted by molar-refractivity contribution is 5.98.